The molecule has 13 heavy (non-hydrogen) atoms. The van der Waals surface area contributed by atoms with Gasteiger partial charge in [0.25, 0.3) is 0 Å². The predicted octanol–water partition coefficient (Wildman–Crippen LogP) is 4.86. The zero-order valence-electron chi connectivity index (χ0n) is 10.4. The van der Waals surface area contributed by atoms with Gasteiger partial charge in [0.15, 0.2) is 0 Å². The van der Waals surface area contributed by atoms with Gasteiger partial charge >= 0.3 is 21.7 Å². The van der Waals surface area contributed by atoms with E-state index >= 15 is 0 Å². The van der Waals surface area contributed by atoms with Crippen LogP contribution in [-0.4, -0.2) is 0 Å². The van der Waals surface area contributed by atoms with E-state index in [0.717, 1.165) is 0 Å². The summed E-state index contributed by atoms with van der Waals surface area (Å²) < 4.78 is 0. The molecule has 0 heterocycles. The molecular formula is C12H27Ti. The van der Waals surface area contributed by atoms with Crippen molar-refractivity contribution >= 4 is 0 Å². The maximum Gasteiger partial charge on any atom is 3.00 e. The molecule has 79 valence electrons. The van der Waals surface area contributed by atoms with Crippen LogP contribution in [-0.2, 0) is 21.7 Å². The number of rotatable bonds is 3. The summed E-state index contributed by atoms with van der Waals surface area (Å²) in [6.07, 6.45) is 9.96. The summed E-state index contributed by atoms with van der Waals surface area (Å²) >= 11 is 0. The van der Waals surface area contributed by atoms with Crippen LogP contribution in [0.1, 0.15) is 60.8 Å². The molecule has 1 radical (unpaired) electrons. The third-order valence-corrected chi connectivity index (χ3v) is 1.22. The fourth-order valence-corrected chi connectivity index (χ4v) is 0. The van der Waals surface area contributed by atoms with Crippen LogP contribution in [0.15, 0.2) is 0 Å². The first-order chi connectivity index (χ1) is 5.74. The van der Waals surface area contributed by atoms with Gasteiger partial charge in [0.05, 0.1) is 0 Å². The van der Waals surface area contributed by atoms with Crippen molar-refractivity contribution in [3.05, 3.63) is 19.3 Å². The van der Waals surface area contributed by atoms with Crippen molar-refractivity contribution < 1.29 is 21.7 Å². The van der Waals surface area contributed by atoms with Crippen molar-refractivity contribution in [1.29, 1.82) is 0 Å². The molecule has 0 atom stereocenters. The summed E-state index contributed by atoms with van der Waals surface area (Å²) in [7, 11) is 0. The van der Waals surface area contributed by atoms with Crippen LogP contribution in [0.25, 0.3) is 0 Å². The Morgan fingerprint density at radius 1 is 0.615 bits per heavy atom. The summed E-state index contributed by atoms with van der Waals surface area (Å²) in [5.41, 5.74) is 0. The van der Waals surface area contributed by atoms with Gasteiger partial charge in [0.1, 0.15) is 0 Å². The molecule has 0 aliphatic carbocycles. The zero-order chi connectivity index (χ0) is 10.2. The van der Waals surface area contributed by atoms with E-state index in [1.165, 1.54) is 19.3 Å². The molecule has 0 saturated heterocycles. The van der Waals surface area contributed by atoms with Crippen molar-refractivity contribution in [3.63, 3.8) is 0 Å². The van der Waals surface area contributed by atoms with Crippen molar-refractivity contribution in [1.82, 2.24) is 0 Å². The molecule has 0 aliphatic rings. The van der Waals surface area contributed by atoms with Gasteiger partial charge in [-0.2, -0.15) is 40.0 Å². The topological polar surface area (TPSA) is 0 Å². The molecule has 0 unspecified atom stereocenters. The van der Waals surface area contributed by atoms with E-state index in [9.17, 15) is 0 Å². The smallest absolute Gasteiger partial charge is 0.332 e. The van der Waals surface area contributed by atoms with E-state index in [2.05, 4.69) is 60.8 Å². The standard InChI is InChI=1S/3C4H9.Ti/c3*1-3-4-2;/h3*3H,4H2,1-2H3;/q3*-1;+3. The average Bonchev–Trinajstić information content (AvgIpc) is 2.18. The Hall–Kier alpha value is 0.714. The van der Waals surface area contributed by atoms with Gasteiger partial charge in [-0.25, -0.2) is 0 Å². The van der Waals surface area contributed by atoms with Crippen LogP contribution in [0, 0.1) is 19.3 Å². The minimum atomic E-state index is 0. The maximum atomic E-state index is 2.12. The molecule has 0 aromatic heterocycles. The van der Waals surface area contributed by atoms with E-state index < -0.39 is 0 Å². The fourth-order valence-electron chi connectivity index (χ4n) is 0. The summed E-state index contributed by atoms with van der Waals surface area (Å²) in [6, 6.07) is 0. The minimum Gasteiger partial charge on any atom is -0.332 e. The van der Waals surface area contributed by atoms with Crippen molar-refractivity contribution in [2.45, 2.75) is 60.8 Å². The molecule has 0 aromatic rings. The normalized spacial score (nSPS) is 6.92. The molecule has 0 rings (SSSR count). The van der Waals surface area contributed by atoms with Gasteiger partial charge in [-0.15, -0.1) is 0 Å². The predicted molar refractivity (Wildman–Crippen MR) is 60.8 cm³/mol. The number of hydrogen-bond donors (Lipinski definition) is 0. The van der Waals surface area contributed by atoms with Gasteiger partial charge < -0.3 is 19.3 Å². The van der Waals surface area contributed by atoms with Crippen LogP contribution < -0.4 is 0 Å². The zero-order valence-corrected chi connectivity index (χ0v) is 11.9. The summed E-state index contributed by atoms with van der Waals surface area (Å²) in [5, 5.41) is 0. The van der Waals surface area contributed by atoms with Gasteiger partial charge in [-0.05, 0) is 0 Å². The summed E-state index contributed by atoms with van der Waals surface area (Å²) in [6.45, 7) is 12.5. The molecule has 0 amide bonds. The summed E-state index contributed by atoms with van der Waals surface area (Å²) in [5.74, 6) is 0. The maximum absolute atomic E-state index is 2.12. The quantitative estimate of drug-likeness (QED) is 0.469. The second kappa shape index (κ2) is 38.7. The third-order valence-electron chi connectivity index (χ3n) is 1.22. The van der Waals surface area contributed by atoms with Gasteiger partial charge in [0, 0.05) is 0 Å². The van der Waals surface area contributed by atoms with Crippen LogP contribution in [0.4, 0.5) is 0 Å². The largest absolute Gasteiger partial charge is 3.00 e. The van der Waals surface area contributed by atoms with Gasteiger partial charge in [0.2, 0.25) is 0 Å². The molecular weight excluding hydrogens is 192 g/mol. The molecule has 0 spiro atoms. The van der Waals surface area contributed by atoms with Crippen LogP contribution >= 0.6 is 0 Å². The second-order valence-corrected chi connectivity index (χ2v) is 2.45. The van der Waals surface area contributed by atoms with Crippen molar-refractivity contribution in [2.75, 3.05) is 0 Å². The first-order valence-corrected chi connectivity index (χ1v) is 5.08. The second-order valence-electron chi connectivity index (χ2n) is 2.45. The fraction of sp³-hybridized carbons (Fsp3) is 0.750. The Bertz CT molecular complexity index is 20.6. The number of unbranched alkanes of at least 4 members (excludes halogenated alkanes) is 3. The monoisotopic (exact) mass is 219 g/mol. The number of hydrogen-bond acceptors (Lipinski definition) is 0. The Labute approximate surface area is 102 Å². The average molecular weight is 219 g/mol. The first-order valence-electron chi connectivity index (χ1n) is 5.08. The summed E-state index contributed by atoms with van der Waals surface area (Å²) in [4.78, 5) is 0. The molecule has 0 aliphatic heterocycles. The molecule has 0 aromatic carbocycles. The van der Waals surface area contributed by atoms with Crippen LogP contribution in [0.5, 0.6) is 0 Å². The Kier molecular flexibility index (Phi) is 69.9. The molecule has 0 fully saturated rings. The van der Waals surface area contributed by atoms with Gasteiger partial charge in [-0.1, -0.05) is 20.8 Å². The van der Waals surface area contributed by atoms with Crippen LogP contribution in [0.3, 0.4) is 0 Å². The van der Waals surface area contributed by atoms with E-state index in [1.807, 2.05) is 0 Å². The molecule has 0 N–H and O–H groups in total. The Morgan fingerprint density at radius 2 is 0.692 bits per heavy atom. The molecule has 1 heteroatoms. The molecule has 0 bridgehead atoms. The SMILES string of the molecule is C[CH-]CC.C[CH-]CC.C[CH-]CC.[Ti+3]. The molecule has 0 nitrogen and oxygen atoms in total. The van der Waals surface area contributed by atoms with E-state index in [0.29, 0.717) is 0 Å². The minimum absolute atomic E-state index is 0. The third kappa shape index (κ3) is 106. The van der Waals surface area contributed by atoms with E-state index in [-0.39, 0.29) is 21.7 Å². The van der Waals surface area contributed by atoms with Crippen LogP contribution in [0.2, 0.25) is 0 Å². The molecule has 0 saturated carbocycles. The Balaban J connectivity index is -0.0000000450. The van der Waals surface area contributed by atoms with Gasteiger partial charge in [-0.3, -0.25) is 0 Å². The van der Waals surface area contributed by atoms with E-state index in [4.69, 9.17) is 0 Å². The van der Waals surface area contributed by atoms with Crippen molar-refractivity contribution in [2.24, 2.45) is 0 Å². The van der Waals surface area contributed by atoms with Crippen molar-refractivity contribution in [3.8, 4) is 0 Å². The Morgan fingerprint density at radius 3 is 0.692 bits per heavy atom. The van der Waals surface area contributed by atoms with E-state index in [1.54, 1.807) is 0 Å². The first kappa shape index (κ1) is 23.5.